The Morgan fingerprint density at radius 1 is 1.58 bits per heavy atom. The van der Waals surface area contributed by atoms with Crippen molar-refractivity contribution < 1.29 is 5.11 Å². The number of aliphatic hydroxyl groups excluding tert-OH is 1. The number of pyridine rings is 1. The standard InChI is InChI=1S/C11H13ClIN4OP/c1-6-2-7(18)5-16(6)11-8-4-14-10(12)3-9(8)17(15-11)19-13/h3-4,6-7,18-19H,2,5H2,1H3. The highest BCUT2D eigenvalue weighted by Crippen LogP contribution is 2.36. The van der Waals surface area contributed by atoms with E-state index >= 15 is 0 Å². The van der Waals surface area contributed by atoms with Gasteiger partial charge in [-0.3, -0.25) is 0 Å². The first-order valence-corrected chi connectivity index (χ1v) is 10.4. The van der Waals surface area contributed by atoms with Gasteiger partial charge in [0.15, 0.2) is 5.82 Å². The molecule has 3 rings (SSSR count). The largest absolute Gasteiger partial charge is 0.391 e. The molecule has 0 radical (unpaired) electrons. The van der Waals surface area contributed by atoms with Gasteiger partial charge in [0.05, 0.1) is 23.4 Å². The molecule has 1 aliphatic heterocycles. The van der Waals surface area contributed by atoms with E-state index in [1.807, 2.05) is 10.5 Å². The quantitative estimate of drug-likeness (QED) is 0.470. The van der Waals surface area contributed by atoms with Crippen molar-refractivity contribution in [1.29, 1.82) is 0 Å². The molecule has 0 saturated carbocycles. The summed E-state index contributed by atoms with van der Waals surface area (Å²) in [6.45, 7) is 2.73. The van der Waals surface area contributed by atoms with Crippen LogP contribution in [0.4, 0.5) is 5.82 Å². The number of rotatable bonds is 2. The highest BCUT2D eigenvalue weighted by atomic mass is 127. The number of aliphatic hydroxyl groups is 1. The average molecular weight is 411 g/mol. The first kappa shape index (κ1) is 13.8. The zero-order valence-electron chi connectivity index (χ0n) is 10.2. The van der Waals surface area contributed by atoms with Crippen LogP contribution in [0.15, 0.2) is 12.3 Å². The first-order chi connectivity index (χ1) is 9.10. The summed E-state index contributed by atoms with van der Waals surface area (Å²) >= 11 is 8.26. The lowest BCUT2D eigenvalue weighted by molar-refractivity contribution is 0.195. The lowest BCUT2D eigenvalue weighted by Crippen LogP contribution is -2.27. The Hall–Kier alpha value is -0.170. The maximum absolute atomic E-state index is 9.80. The summed E-state index contributed by atoms with van der Waals surface area (Å²) < 4.78 is 1.94. The molecule has 2 aromatic rings. The van der Waals surface area contributed by atoms with Gasteiger partial charge < -0.3 is 10.0 Å². The second-order valence-electron chi connectivity index (χ2n) is 4.74. The van der Waals surface area contributed by atoms with E-state index in [1.165, 1.54) is 0 Å². The van der Waals surface area contributed by atoms with Gasteiger partial charge in [0.1, 0.15) is 5.15 Å². The van der Waals surface area contributed by atoms with Crippen molar-refractivity contribution in [3.05, 3.63) is 17.4 Å². The van der Waals surface area contributed by atoms with Gasteiger partial charge in [-0.25, -0.2) is 9.44 Å². The second-order valence-corrected chi connectivity index (χ2v) is 7.16. The molecular formula is C11H13ClIN4OP. The van der Waals surface area contributed by atoms with Crippen molar-refractivity contribution in [2.45, 2.75) is 25.5 Å². The fraction of sp³-hybridized carbons (Fsp3) is 0.455. The third-order valence-corrected chi connectivity index (χ3v) is 5.50. The molecule has 8 heteroatoms. The van der Waals surface area contributed by atoms with Gasteiger partial charge >= 0.3 is 0 Å². The predicted molar refractivity (Wildman–Crippen MR) is 87.7 cm³/mol. The number of nitrogens with zero attached hydrogens (tertiary/aromatic N) is 4. The Bertz CT molecular complexity index is 622. The molecule has 1 saturated heterocycles. The Kier molecular flexibility index (Phi) is 3.86. The molecule has 0 amide bonds. The molecule has 1 N–H and O–H groups in total. The molecule has 1 fully saturated rings. The Balaban J connectivity index is 2.14. The monoisotopic (exact) mass is 410 g/mol. The summed E-state index contributed by atoms with van der Waals surface area (Å²) in [4.78, 5) is 6.30. The van der Waals surface area contributed by atoms with E-state index in [-0.39, 0.29) is 12.1 Å². The zero-order valence-corrected chi connectivity index (χ0v) is 14.1. The van der Waals surface area contributed by atoms with E-state index in [0.717, 1.165) is 23.1 Å². The average Bonchev–Trinajstić information content (AvgIpc) is 2.88. The van der Waals surface area contributed by atoms with Crippen LogP contribution in [0.3, 0.4) is 0 Å². The molecule has 2 aromatic heterocycles. The molecule has 3 heterocycles. The fourth-order valence-electron chi connectivity index (χ4n) is 2.54. The Morgan fingerprint density at radius 3 is 3.00 bits per heavy atom. The van der Waals surface area contributed by atoms with Crippen molar-refractivity contribution in [1.82, 2.24) is 14.5 Å². The van der Waals surface area contributed by atoms with Crippen LogP contribution in [-0.2, 0) is 0 Å². The van der Waals surface area contributed by atoms with Crippen LogP contribution < -0.4 is 4.90 Å². The number of hydrogen-bond donors (Lipinski definition) is 1. The minimum atomic E-state index is -0.280. The number of hydrogen-bond acceptors (Lipinski definition) is 4. The summed E-state index contributed by atoms with van der Waals surface area (Å²) in [6.07, 6.45) is 2.77. The van der Waals surface area contributed by atoms with E-state index < -0.39 is 0 Å². The molecular weight excluding hydrogens is 397 g/mol. The zero-order chi connectivity index (χ0) is 13.6. The molecule has 3 unspecified atom stereocenters. The van der Waals surface area contributed by atoms with Gasteiger partial charge in [-0.05, 0) is 35.4 Å². The van der Waals surface area contributed by atoms with Crippen molar-refractivity contribution in [2.24, 2.45) is 0 Å². The summed E-state index contributed by atoms with van der Waals surface area (Å²) in [7, 11) is 0. The summed E-state index contributed by atoms with van der Waals surface area (Å²) in [6, 6.07) is 2.13. The molecule has 1 aliphatic rings. The molecule has 102 valence electrons. The molecule has 0 bridgehead atoms. The number of fused-ring (bicyclic) bond motifs is 1. The van der Waals surface area contributed by atoms with Gasteiger partial charge in [0.2, 0.25) is 0 Å². The van der Waals surface area contributed by atoms with Crippen LogP contribution in [0.5, 0.6) is 0 Å². The number of halogens is 2. The summed E-state index contributed by atoms with van der Waals surface area (Å²) in [5.41, 5.74) is 0.997. The van der Waals surface area contributed by atoms with Crippen LogP contribution in [-0.4, -0.2) is 38.3 Å². The smallest absolute Gasteiger partial charge is 0.160 e. The molecule has 5 nitrogen and oxygen atoms in total. The van der Waals surface area contributed by atoms with Gasteiger partial charge in [0.25, 0.3) is 0 Å². The van der Waals surface area contributed by atoms with Crippen LogP contribution in [0, 0.1) is 0 Å². The Morgan fingerprint density at radius 2 is 2.37 bits per heavy atom. The second kappa shape index (κ2) is 5.31. The Labute approximate surface area is 130 Å². The highest BCUT2D eigenvalue weighted by molar-refractivity contribution is 14.2. The van der Waals surface area contributed by atoms with Gasteiger partial charge in [0, 0.05) is 24.8 Å². The number of β-amino-alcohol motifs (C(OH)–C–C–N with tert-alkyl or cyclic N) is 1. The number of anilines is 1. The predicted octanol–water partition coefficient (Wildman–Crippen LogP) is 2.84. The summed E-state index contributed by atoms with van der Waals surface area (Å²) in [5, 5.41) is 15.9. The van der Waals surface area contributed by atoms with E-state index in [1.54, 1.807) is 6.20 Å². The third kappa shape index (κ3) is 2.44. The molecule has 3 atom stereocenters. The third-order valence-electron chi connectivity index (χ3n) is 3.42. The van der Waals surface area contributed by atoms with Gasteiger partial charge in [-0.15, -0.1) is 5.10 Å². The van der Waals surface area contributed by atoms with Crippen LogP contribution in [0.1, 0.15) is 13.3 Å². The molecule has 0 aliphatic carbocycles. The minimum Gasteiger partial charge on any atom is -0.391 e. The van der Waals surface area contributed by atoms with E-state index in [0.29, 0.717) is 18.1 Å². The van der Waals surface area contributed by atoms with Crippen molar-refractivity contribution in [2.75, 3.05) is 11.4 Å². The topological polar surface area (TPSA) is 54.2 Å². The highest BCUT2D eigenvalue weighted by Gasteiger charge is 2.30. The van der Waals surface area contributed by atoms with E-state index in [2.05, 4.69) is 43.9 Å². The van der Waals surface area contributed by atoms with Crippen molar-refractivity contribution in [3.8, 4) is 0 Å². The fourth-order valence-corrected chi connectivity index (χ4v) is 4.21. The normalized spacial score (nSPS) is 24.1. The van der Waals surface area contributed by atoms with Crippen LogP contribution in [0.25, 0.3) is 10.9 Å². The number of aromatic nitrogens is 3. The van der Waals surface area contributed by atoms with Crippen LogP contribution in [0.2, 0.25) is 5.15 Å². The van der Waals surface area contributed by atoms with E-state index in [4.69, 9.17) is 11.6 Å². The van der Waals surface area contributed by atoms with Gasteiger partial charge in [-0.1, -0.05) is 11.6 Å². The molecule has 0 aromatic carbocycles. The van der Waals surface area contributed by atoms with Crippen molar-refractivity contribution >= 4 is 56.7 Å². The lowest BCUT2D eigenvalue weighted by Gasteiger charge is -2.20. The minimum absolute atomic E-state index is 0.280. The maximum atomic E-state index is 9.80. The maximum Gasteiger partial charge on any atom is 0.160 e. The van der Waals surface area contributed by atoms with Gasteiger partial charge in [-0.2, -0.15) is 0 Å². The summed E-state index contributed by atoms with van der Waals surface area (Å²) in [5.74, 6) is 0.896. The van der Waals surface area contributed by atoms with E-state index in [9.17, 15) is 5.11 Å². The molecule has 19 heavy (non-hydrogen) atoms. The van der Waals surface area contributed by atoms with Crippen LogP contribution >= 0.6 is 40.0 Å². The first-order valence-electron chi connectivity index (χ1n) is 5.95. The van der Waals surface area contributed by atoms with Crippen molar-refractivity contribution in [3.63, 3.8) is 0 Å². The molecule has 0 spiro atoms. The SMILES string of the molecule is CC1CC(O)CN1c1nn(PI)c2cc(Cl)ncc12. The lowest BCUT2D eigenvalue weighted by atomic mass is 10.2.